The molecule has 208 valence electrons. The molecule has 3 N–H and O–H groups in total. The van der Waals surface area contributed by atoms with Gasteiger partial charge in [-0.2, -0.15) is 4.98 Å². The molecule has 7 nitrogen and oxygen atoms in total. The Morgan fingerprint density at radius 1 is 1.15 bits per heavy atom. The van der Waals surface area contributed by atoms with Crippen LogP contribution in [0.2, 0.25) is 10.0 Å². The first kappa shape index (κ1) is 28.6. The molecule has 0 bridgehead atoms. The Labute approximate surface area is 246 Å². The first-order chi connectivity index (χ1) is 18.4. The Bertz CT molecular complexity index is 1450. The Morgan fingerprint density at radius 3 is 2.54 bits per heavy atom. The van der Waals surface area contributed by atoms with Gasteiger partial charge in [0, 0.05) is 41.8 Å². The maximum atomic E-state index is 13.4. The first-order valence-electron chi connectivity index (χ1n) is 12.9. The van der Waals surface area contributed by atoms with E-state index >= 15 is 0 Å². The summed E-state index contributed by atoms with van der Waals surface area (Å²) >= 11 is 12.5. The molecule has 1 aliphatic heterocycles. The van der Waals surface area contributed by atoms with Gasteiger partial charge in [-0.05, 0) is 63.3 Å². The topological polar surface area (TPSA) is 99.2 Å². The van der Waals surface area contributed by atoms with E-state index in [0.717, 1.165) is 19.3 Å². The second-order valence-electron chi connectivity index (χ2n) is 11.3. The molecule has 39 heavy (non-hydrogen) atoms. The van der Waals surface area contributed by atoms with Gasteiger partial charge in [0.15, 0.2) is 0 Å². The van der Waals surface area contributed by atoms with Gasteiger partial charge >= 0.3 is 0 Å². The average Bonchev–Trinajstić information content (AvgIpc) is 3.19. The third kappa shape index (κ3) is 5.42. The molecule has 0 saturated carbocycles. The summed E-state index contributed by atoms with van der Waals surface area (Å²) in [6.45, 7) is 7.39. The summed E-state index contributed by atoms with van der Waals surface area (Å²) in [5.74, 6) is 0.718. The maximum Gasteiger partial charge on any atom is 0.270 e. The molecule has 5 rings (SSSR count). The lowest BCUT2D eigenvalue weighted by atomic mass is 9.73. The lowest BCUT2D eigenvalue weighted by Crippen LogP contribution is -2.50. The second-order valence-corrected chi connectivity index (χ2v) is 15.1. The van der Waals surface area contributed by atoms with Gasteiger partial charge in [-0.3, -0.25) is 9.36 Å². The molecule has 3 aromatic rings. The van der Waals surface area contributed by atoms with Crippen LogP contribution in [0.15, 0.2) is 57.1 Å². The van der Waals surface area contributed by atoms with E-state index in [9.17, 15) is 9.35 Å². The molecule has 1 aliphatic carbocycles. The van der Waals surface area contributed by atoms with Crippen molar-refractivity contribution in [2.45, 2.75) is 60.6 Å². The van der Waals surface area contributed by atoms with Crippen LogP contribution in [0.5, 0.6) is 0 Å². The number of piperidine rings is 1. The Balaban J connectivity index is 1.39. The molecular formula is C28H33Cl2N5O2S2. The van der Waals surface area contributed by atoms with Crippen LogP contribution < -0.4 is 20.9 Å². The summed E-state index contributed by atoms with van der Waals surface area (Å²) in [4.78, 5) is 21.2. The number of hydrogen-bond donors (Lipinski definition) is 2. The number of anilines is 2. The summed E-state index contributed by atoms with van der Waals surface area (Å²) in [6, 6.07) is 13.7. The molecule has 1 unspecified atom stereocenters. The van der Waals surface area contributed by atoms with E-state index in [4.69, 9.17) is 28.9 Å². The van der Waals surface area contributed by atoms with Gasteiger partial charge in [-0.15, -0.1) is 4.72 Å². The van der Waals surface area contributed by atoms with Gasteiger partial charge in [0.1, 0.15) is 15.5 Å². The number of nitrogen functional groups attached to an aromatic ring is 1. The van der Waals surface area contributed by atoms with E-state index in [1.165, 1.54) is 22.9 Å². The van der Waals surface area contributed by atoms with Crippen LogP contribution in [0.4, 0.5) is 11.8 Å². The zero-order valence-electron chi connectivity index (χ0n) is 22.5. The van der Waals surface area contributed by atoms with Crippen molar-refractivity contribution in [1.29, 1.82) is 0 Å². The minimum Gasteiger partial charge on any atom is -0.598 e. The molecular weight excluding hydrogens is 573 g/mol. The van der Waals surface area contributed by atoms with E-state index < -0.39 is 11.4 Å². The minimum absolute atomic E-state index is 0.000947. The van der Waals surface area contributed by atoms with Crippen LogP contribution in [0, 0.1) is 5.41 Å². The van der Waals surface area contributed by atoms with Crippen LogP contribution in [0.3, 0.4) is 0 Å². The fourth-order valence-electron chi connectivity index (χ4n) is 5.52. The lowest BCUT2D eigenvalue weighted by molar-refractivity contribution is 0.175. The summed E-state index contributed by atoms with van der Waals surface area (Å²) < 4.78 is 17.9. The SMILES string of the molecule is Cn1c(N2CCC3(CC2)Cc2ccccc2[C@H]3N[S+]([O-])C(C)(C)C)nc(N)c(Sc2cccc(Cl)c2Cl)c1=O. The zero-order valence-corrected chi connectivity index (χ0v) is 25.6. The van der Waals surface area contributed by atoms with Crippen molar-refractivity contribution in [3.05, 3.63) is 74.0 Å². The molecule has 2 atom stereocenters. The number of nitrogens with zero attached hydrogens (tertiary/aromatic N) is 3. The van der Waals surface area contributed by atoms with E-state index in [1.54, 1.807) is 29.8 Å². The fraction of sp³-hybridized carbons (Fsp3) is 0.429. The van der Waals surface area contributed by atoms with Crippen LogP contribution >= 0.6 is 35.0 Å². The zero-order chi connectivity index (χ0) is 28.1. The molecule has 2 aliphatic rings. The van der Waals surface area contributed by atoms with Gasteiger partial charge in [0.2, 0.25) is 5.95 Å². The van der Waals surface area contributed by atoms with Crippen molar-refractivity contribution in [2.75, 3.05) is 23.7 Å². The molecule has 1 fully saturated rings. The monoisotopic (exact) mass is 605 g/mol. The van der Waals surface area contributed by atoms with Gasteiger partial charge in [0.05, 0.1) is 16.1 Å². The number of aromatic nitrogens is 2. The van der Waals surface area contributed by atoms with Crippen LogP contribution in [0.1, 0.15) is 50.8 Å². The molecule has 1 spiro atoms. The summed E-state index contributed by atoms with van der Waals surface area (Å²) in [7, 11) is 1.72. The number of halogens is 2. The Kier molecular flexibility index (Phi) is 7.96. The summed E-state index contributed by atoms with van der Waals surface area (Å²) in [5, 5.41) is 0.793. The third-order valence-electron chi connectivity index (χ3n) is 7.72. The molecule has 0 amide bonds. The largest absolute Gasteiger partial charge is 0.598 e. The van der Waals surface area contributed by atoms with Crippen molar-refractivity contribution in [2.24, 2.45) is 12.5 Å². The predicted molar refractivity (Wildman–Crippen MR) is 162 cm³/mol. The summed E-state index contributed by atoms with van der Waals surface area (Å²) in [6.07, 6.45) is 2.66. The second kappa shape index (κ2) is 10.8. The number of rotatable bonds is 5. The molecule has 1 aromatic heterocycles. The van der Waals surface area contributed by atoms with Crippen LogP contribution in [0.25, 0.3) is 0 Å². The predicted octanol–water partition coefficient (Wildman–Crippen LogP) is 5.76. The van der Waals surface area contributed by atoms with Gasteiger partial charge in [-0.1, -0.05) is 65.3 Å². The molecule has 2 heterocycles. The van der Waals surface area contributed by atoms with Crippen molar-refractivity contribution >= 4 is 58.1 Å². The Hall–Kier alpha value is -1.88. The molecule has 1 saturated heterocycles. The highest BCUT2D eigenvalue weighted by Gasteiger charge is 2.50. The maximum absolute atomic E-state index is 13.4. The van der Waals surface area contributed by atoms with Crippen molar-refractivity contribution in [1.82, 2.24) is 14.3 Å². The fourth-order valence-corrected chi connectivity index (χ4v) is 7.87. The quantitative estimate of drug-likeness (QED) is 0.357. The van der Waals surface area contributed by atoms with E-state index in [0.29, 0.717) is 38.9 Å². The molecule has 0 radical (unpaired) electrons. The first-order valence-corrected chi connectivity index (χ1v) is 15.6. The highest BCUT2D eigenvalue weighted by atomic mass is 35.5. The van der Waals surface area contributed by atoms with Gasteiger partial charge in [-0.25, -0.2) is 0 Å². The minimum atomic E-state index is -1.20. The normalized spacial score (nSPS) is 19.4. The average molecular weight is 607 g/mol. The number of hydrogen-bond acceptors (Lipinski definition) is 7. The van der Waals surface area contributed by atoms with Crippen LogP contribution in [-0.4, -0.2) is 31.9 Å². The van der Waals surface area contributed by atoms with E-state index in [2.05, 4.69) is 38.9 Å². The molecule has 11 heteroatoms. The standard InChI is InChI=1S/C28H33Cl2N5O2S2/c1-27(2,3)39(37)33-23-18-9-6-5-8-17(18)16-28(23)12-14-35(15-13-28)26-32-24(31)22(25(36)34(26)4)38-20-11-7-10-19(29)21(20)30/h5-11,23,33H,12-16,31H2,1-4H3/t23-,39?/m1/s1. The Morgan fingerprint density at radius 2 is 1.85 bits per heavy atom. The molecule has 2 aromatic carbocycles. The van der Waals surface area contributed by atoms with E-state index in [-0.39, 0.29) is 27.6 Å². The van der Waals surface area contributed by atoms with E-state index in [1.807, 2.05) is 20.8 Å². The number of nitrogens with one attached hydrogen (secondary N) is 1. The number of fused-ring (bicyclic) bond motifs is 1. The summed E-state index contributed by atoms with van der Waals surface area (Å²) in [5.41, 5.74) is 8.58. The van der Waals surface area contributed by atoms with Crippen molar-refractivity contribution in [3.8, 4) is 0 Å². The number of benzene rings is 2. The highest BCUT2D eigenvalue weighted by Crippen LogP contribution is 2.53. The van der Waals surface area contributed by atoms with Gasteiger partial charge in [0.25, 0.3) is 5.56 Å². The third-order valence-corrected chi connectivity index (χ3v) is 11.4. The van der Waals surface area contributed by atoms with Gasteiger partial charge < -0.3 is 15.2 Å². The highest BCUT2D eigenvalue weighted by molar-refractivity contribution is 7.99. The van der Waals surface area contributed by atoms with Crippen molar-refractivity contribution < 1.29 is 4.55 Å². The number of nitrogens with two attached hydrogens (primary N) is 1. The van der Waals surface area contributed by atoms with Crippen LogP contribution in [-0.2, 0) is 24.8 Å². The smallest absolute Gasteiger partial charge is 0.270 e. The lowest BCUT2D eigenvalue weighted by Gasteiger charge is -2.44. The van der Waals surface area contributed by atoms with Crippen molar-refractivity contribution in [3.63, 3.8) is 0 Å².